The van der Waals surface area contributed by atoms with E-state index in [1.165, 1.54) is 0 Å². The largest absolute Gasteiger partial charge is 0.405 e. The molecule has 0 unspecified atom stereocenters. The molecule has 0 aliphatic heterocycles. The molecule has 1 rings (SSSR count). The van der Waals surface area contributed by atoms with E-state index in [0.29, 0.717) is 6.04 Å². The molecule has 0 aromatic rings. The molecule has 0 radical (unpaired) electrons. The predicted molar refractivity (Wildman–Crippen MR) is 57.7 cm³/mol. The van der Waals surface area contributed by atoms with E-state index in [1.807, 2.05) is 7.05 Å². The van der Waals surface area contributed by atoms with Gasteiger partial charge in [0.1, 0.15) is 6.54 Å². The summed E-state index contributed by atoms with van der Waals surface area (Å²) in [6, 6.07) is -0.311. The van der Waals surface area contributed by atoms with Gasteiger partial charge in [-0.3, -0.25) is 0 Å². The number of amides is 2. The third kappa shape index (κ3) is 5.76. The molecule has 1 saturated carbocycles. The van der Waals surface area contributed by atoms with Crippen molar-refractivity contribution in [2.75, 3.05) is 13.6 Å². The van der Waals surface area contributed by atoms with Gasteiger partial charge in [0, 0.05) is 12.1 Å². The van der Waals surface area contributed by atoms with Gasteiger partial charge < -0.3 is 16.0 Å². The maximum absolute atomic E-state index is 11.8. The lowest BCUT2D eigenvalue weighted by Crippen LogP contribution is -2.47. The molecule has 2 amide bonds. The zero-order valence-electron chi connectivity index (χ0n) is 9.73. The lowest BCUT2D eigenvalue weighted by Gasteiger charge is -2.28. The molecule has 100 valence electrons. The maximum Gasteiger partial charge on any atom is 0.405 e. The molecule has 7 heteroatoms. The third-order valence-corrected chi connectivity index (χ3v) is 2.92. The Balaban J connectivity index is 2.19. The van der Waals surface area contributed by atoms with Crippen LogP contribution in [-0.4, -0.2) is 37.9 Å². The van der Waals surface area contributed by atoms with Crippen LogP contribution >= 0.6 is 0 Å². The molecule has 17 heavy (non-hydrogen) atoms. The predicted octanol–water partition coefficient (Wildman–Crippen LogP) is 1.38. The molecule has 4 nitrogen and oxygen atoms in total. The van der Waals surface area contributed by atoms with Crippen LogP contribution in [0.3, 0.4) is 0 Å². The molecular formula is C10H18F3N3O. The van der Waals surface area contributed by atoms with E-state index in [4.69, 9.17) is 0 Å². The average Bonchev–Trinajstić information content (AvgIpc) is 2.27. The summed E-state index contributed by atoms with van der Waals surface area (Å²) in [5.74, 6) is 0. The number of urea groups is 1. The van der Waals surface area contributed by atoms with Crippen LogP contribution < -0.4 is 16.0 Å². The van der Waals surface area contributed by atoms with E-state index < -0.39 is 18.8 Å². The molecule has 3 N–H and O–H groups in total. The monoisotopic (exact) mass is 253 g/mol. The highest BCUT2D eigenvalue weighted by molar-refractivity contribution is 5.74. The van der Waals surface area contributed by atoms with Crippen LogP contribution in [0.25, 0.3) is 0 Å². The number of halogens is 3. The normalized spacial score (nSPS) is 25.4. The van der Waals surface area contributed by atoms with Gasteiger partial charge in [-0.25, -0.2) is 4.79 Å². The second-order valence-corrected chi connectivity index (χ2v) is 4.28. The standard InChI is InChI=1S/C10H18F3N3O/c1-14-7-2-4-8(5-3-7)16-9(17)15-6-10(11,12)13/h7-8,14H,2-6H2,1H3,(H2,15,16,17). The number of nitrogens with one attached hydrogen (secondary N) is 3. The minimum Gasteiger partial charge on any atom is -0.335 e. The van der Waals surface area contributed by atoms with Gasteiger partial charge in [0.15, 0.2) is 0 Å². The van der Waals surface area contributed by atoms with Crippen molar-refractivity contribution in [3.63, 3.8) is 0 Å². The number of hydrogen-bond acceptors (Lipinski definition) is 2. The topological polar surface area (TPSA) is 53.2 Å². The Labute approximate surface area is 98.3 Å². The van der Waals surface area contributed by atoms with E-state index in [-0.39, 0.29) is 6.04 Å². The summed E-state index contributed by atoms with van der Waals surface area (Å²) in [7, 11) is 1.88. The van der Waals surface area contributed by atoms with Crippen molar-refractivity contribution in [1.29, 1.82) is 0 Å². The van der Waals surface area contributed by atoms with E-state index in [0.717, 1.165) is 25.7 Å². The number of alkyl halides is 3. The van der Waals surface area contributed by atoms with Crippen molar-refractivity contribution in [1.82, 2.24) is 16.0 Å². The molecule has 0 heterocycles. The van der Waals surface area contributed by atoms with Gasteiger partial charge >= 0.3 is 12.2 Å². The van der Waals surface area contributed by atoms with Gasteiger partial charge in [0.05, 0.1) is 0 Å². The van der Waals surface area contributed by atoms with Crippen LogP contribution in [0.15, 0.2) is 0 Å². The van der Waals surface area contributed by atoms with Gasteiger partial charge in [0.2, 0.25) is 0 Å². The van der Waals surface area contributed by atoms with Crippen LogP contribution in [0, 0.1) is 0 Å². The van der Waals surface area contributed by atoms with Crippen molar-refractivity contribution < 1.29 is 18.0 Å². The van der Waals surface area contributed by atoms with Crippen LogP contribution in [0.1, 0.15) is 25.7 Å². The number of rotatable bonds is 3. The van der Waals surface area contributed by atoms with Crippen LogP contribution in [-0.2, 0) is 0 Å². The molecule has 1 aliphatic rings. The highest BCUT2D eigenvalue weighted by atomic mass is 19.4. The molecule has 0 spiro atoms. The number of carbonyl (C=O) groups is 1. The zero-order valence-corrected chi connectivity index (χ0v) is 9.73. The van der Waals surface area contributed by atoms with Gasteiger partial charge in [-0.05, 0) is 32.7 Å². The van der Waals surface area contributed by atoms with Crippen molar-refractivity contribution >= 4 is 6.03 Å². The fraction of sp³-hybridized carbons (Fsp3) is 0.900. The maximum atomic E-state index is 11.8. The van der Waals surface area contributed by atoms with Crippen LogP contribution in [0.5, 0.6) is 0 Å². The van der Waals surface area contributed by atoms with Gasteiger partial charge in [0.25, 0.3) is 0 Å². The van der Waals surface area contributed by atoms with Crippen LogP contribution in [0.2, 0.25) is 0 Å². The summed E-state index contributed by atoms with van der Waals surface area (Å²) >= 11 is 0. The summed E-state index contributed by atoms with van der Waals surface area (Å²) in [6.07, 6.45) is -0.904. The third-order valence-electron chi connectivity index (χ3n) is 2.92. The van der Waals surface area contributed by atoms with Gasteiger partial charge in [-0.1, -0.05) is 0 Å². The Bertz CT molecular complexity index is 250. The molecule has 1 fully saturated rings. The molecule has 1 aliphatic carbocycles. The summed E-state index contributed by atoms with van der Waals surface area (Å²) in [4.78, 5) is 11.2. The number of hydrogen-bond donors (Lipinski definition) is 3. The summed E-state index contributed by atoms with van der Waals surface area (Å²) in [5.41, 5.74) is 0. The highest BCUT2D eigenvalue weighted by Crippen LogP contribution is 2.18. The average molecular weight is 253 g/mol. The molecule has 0 saturated heterocycles. The SMILES string of the molecule is CNC1CCC(NC(=O)NCC(F)(F)F)CC1. The zero-order chi connectivity index (χ0) is 12.9. The Morgan fingerprint density at radius 3 is 2.18 bits per heavy atom. The lowest BCUT2D eigenvalue weighted by molar-refractivity contribution is -0.122. The fourth-order valence-electron chi connectivity index (χ4n) is 1.94. The number of carbonyl (C=O) groups excluding carboxylic acids is 1. The summed E-state index contributed by atoms with van der Waals surface area (Å²) in [5, 5.41) is 7.51. The first-order chi connectivity index (χ1) is 7.90. The van der Waals surface area contributed by atoms with Crippen LogP contribution in [0.4, 0.5) is 18.0 Å². The lowest BCUT2D eigenvalue weighted by atomic mass is 9.91. The van der Waals surface area contributed by atoms with Gasteiger partial charge in [-0.15, -0.1) is 0 Å². The summed E-state index contributed by atoms with van der Waals surface area (Å²) in [6.45, 7) is -1.29. The minimum atomic E-state index is -4.36. The molecular weight excluding hydrogens is 235 g/mol. The molecule has 0 bridgehead atoms. The molecule has 0 aromatic heterocycles. The molecule has 0 aromatic carbocycles. The van der Waals surface area contributed by atoms with Crippen molar-refractivity contribution in [2.24, 2.45) is 0 Å². The Morgan fingerprint density at radius 1 is 1.18 bits per heavy atom. The Morgan fingerprint density at radius 2 is 1.71 bits per heavy atom. The summed E-state index contributed by atoms with van der Waals surface area (Å²) < 4.78 is 35.5. The van der Waals surface area contributed by atoms with Gasteiger partial charge in [-0.2, -0.15) is 13.2 Å². The van der Waals surface area contributed by atoms with E-state index in [2.05, 4.69) is 10.6 Å². The minimum absolute atomic E-state index is 0.0205. The first-order valence-electron chi connectivity index (χ1n) is 5.69. The first kappa shape index (κ1) is 14.1. The second kappa shape index (κ2) is 6.09. The van der Waals surface area contributed by atoms with E-state index >= 15 is 0 Å². The smallest absolute Gasteiger partial charge is 0.335 e. The fourth-order valence-corrected chi connectivity index (χ4v) is 1.94. The van der Waals surface area contributed by atoms with E-state index in [9.17, 15) is 18.0 Å². The highest BCUT2D eigenvalue weighted by Gasteiger charge is 2.28. The Hall–Kier alpha value is -0.980. The second-order valence-electron chi connectivity index (χ2n) is 4.28. The quantitative estimate of drug-likeness (QED) is 0.711. The molecule has 0 atom stereocenters. The van der Waals surface area contributed by atoms with Crippen molar-refractivity contribution in [3.05, 3.63) is 0 Å². The Kier molecular flexibility index (Phi) is 5.04. The van der Waals surface area contributed by atoms with E-state index in [1.54, 1.807) is 5.32 Å². The van der Waals surface area contributed by atoms with Crippen molar-refractivity contribution in [3.8, 4) is 0 Å². The first-order valence-corrected chi connectivity index (χ1v) is 5.69. The van der Waals surface area contributed by atoms with Crippen molar-refractivity contribution in [2.45, 2.75) is 43.9 Å².